The number of allylic oxidation sites excluding steroid dienone is 2. The maximum absolute atomic E-state index is 13.1. The minimum Gasteiger partial charge on any atom is -0.477 e. The molecule has 0 bridgehead atoms. The van der Waals surface area contributed by atoms with Crippen molar-refractivity contribution in [1.29, 1.82) is 0 Å². The third-order valence-corrected chi connectivity index (χ3v) is 6.77. The Morgan fingerprint density at radius 3 is 2.71 bits per heavy atom. The number of rotatable bonds is 10. The average Bonchev–Trinajstić information content (AvgIpc) is 3.41. The summed E-state index contributed by atoms with van der Waals surface area (Å²) in [6.07, 6.45) is 11.7. The fraction of sp³-hybridized carbons (Fsp3) is 0.565. The average molecular weight is 445 g/mol. The standard InChI is InChI=1S/C23H32N4O3S/c1-16(2)12-21(28)26(11-7-8-17(3)27-15-24-14-25-27)19-13-20(31-22(19)23(29)30)18-9-5-4-6-10-18/h9,13-17H,4-8,10-12H2,1-3H3,(H,29,30). The lowest BCUT2D eigenvalue weighted by atomic mass is 9.98. The fourth-order valence-corrected chi connectivity index (χ4v) is 4.98. The maximum atomic E-state index is 13.1. The van der Waals surface area contributed by atoms with Gasteiger partial charge in [0.2, 0.25) is 5.91 Å². The van der Waals surface area contributed by atoms with Crippen LogP contribution in [0.3, 0.4) is 0 Å². The molecule has 0 spiro atoms. The minimum atomic E-state index is -0.971. The zero-order chi connectivity index (χ0) is 22.4. The van der Waals surface area contributed by atoms with Crippen LogP contribution in [0.4, 0.5) is 5.69 Å². The van der Waals surface area contributed by atoms with Gasteiger partial charge in [-0.05, 0) is 63.0 Å². The molecular formula is C23H32N4O3S. The highest BCUT2D eigenvalue weighted by Crippen LogP contribution is 2.38. The topological polar surface area (TPSA) is 88.3 Å². The van der Waals surface area contributed by atoms with Gasteiger partial charge in [0.1, 0.15) is 17.5 Å². The zero-order valence-corrected chi connectivity index (χ0v) is 19.4. The number of carbonyl (C=O) groups excluding carboxylic acids is 1. The van der Waals surface area contributed by atoms with Crippen LogP contribution < -0.4 is 4.90 Å². The first-order valence-electron chi connectivity index (χ1n) is 11.1. The number of hydrogen-bond donors (Lipinski definition) is 1. The number of aromatic nitrogens is 3. The number of anilines is 1. The Morgan fingerprint density at radius 2 is 2.10 bits per heavy atom. The third-order valence-electron chi connectivity index (χ3n) is 5.58. The van der Waals surface area contributed by atoms with E-state index in [4.69, 9.17) is 0 Å². The van der Waals surface area contributed by atoms with Crippen LogP contribution in [0, 0.1) is 5.92 Å². The summed E-state index contributed by atoms with van der Waals surface area (Å²) in [6, 6.07) is 2.08. The van der Waals surface area contributed by atoms with E-state index in [-0.39, 0.29) is 22.7 Å². The molecule has 0 saturated carbocycles. The highest BCUT2D eigenvalue weighted by atomic mass is 32.1. The summed E-state index contributed by atoms with van der Waals surface area (Å²) in [4.78, 5) is 32.1. The van der Waals surface area contributed by atoms with Gasteiger partial charge in [0.05, 0.1) is 11.7 Å². The fourth-order valence-electron chi connectivity index (χ4n) is 3.92. The van der Waals surface area contributed by atoms with E-state index >= 15 is 0 Å². The van der Waals surface area contributed by atoms with Gasteiger partial charge in [0.15, 0.2) is 0 Å². The predicted molar refractivity (Wildman–Crippen MR) is 123 cm³/mol. The number of aromatic carboxylic acids is 1. The molecule has 31 heavy (non-hydrogen) atoms. The largest absolute Gasteiger partial charge is 0.477 e. The Bertz CT molecular complexity index is 917. The van der Waals surface area contributed by atoms with E-state index in [1.165, 1.54) is 29.7 Å². The number of carbonyl (C=O) groups is 2. The third kappa shape index (κ3) is 6.03. The second-order valence-corrected chi connectivity index (χ2v) is 9.67. The van der Waals surface area contributed by atoms with E-state index < -0.39 is 5.97 Å². The number of amides is 1. The van der Waals surface area contributed by atoms with Gasteiger partial charge in [-0.15, -0.1) is 11.3 Å². The normalized spacial score (nSPS) is 15.0. The van der Waals surface area contributed by atoms with Crippen molar-refractivity contribution in [3.05, 3.63) is 34.6 Å². The molecule has 0 radical (unpaired) electrons. The number of nitrogens with zero attached hydrogens (tertiary/aromatic N) is 4. The van der Waals surface area contributed by atoms with Crippen molar-refractivity contribution in [2.24, 2.45) is 5.92 Å². The van der Waals surface area contributed by atoms with Crippen molar-refractivity contribution in [3.63, 3.8) is 0 Å². The summed E-state index contributed by atoms with van der Waals surface area (Å²) in [5.74, 6) is -0.787. The van der Waals surface area contributed by atoms with Gasteiger partial charge in [0, 0.05) is 17.8 Å². The monoisotopic (exact) mass is 444 g/mol. The SMILES string of the molecule is CC(C)CC(=O)N(CCCC(C)n1cncn1)c1cc(C2=CCCCC2)sc1C(=O)O. The lowest BCUT2D eigenvalue weighted by Gasteiger charge is -2.24. The summed E-state index contributed by atoms with van der Waals surface area (Å²) in [6.45, 7) is 6.57. The summed E-state index contributed by atoms with van der Waals surface area (Å²) in [7, 11) is 0. The molecule has 7 nitrogen and oxygen atoms in total. The van der Waals surface area contributed by atoms with Crippen LogP contribution in [-0.2, 0) is 4.79 Å². The Labute approximate surface area is 187 Å². The lowest BCUT2D eigenvalue weighted by Crippen LogP contribution is -2.33. The first kappa shape index (κ1) is 23.2. The Kier molecular flexibility index (Phi) is 8.01. The van der Waals surface area contributed by atoms with Crippen LogP contribution in [0.25, 0.3) is 5.57 Å². The molecule has 0 fully saturated rings. The number of thiophene rings is 1. The van der Waals surface area contributed by atoms with Gasteiger partial charge in [-0.1, -0.05) is 19.9 Å². The molecule has 2 heterocycles. The van der Waals surface area contributed by atoms with Crippen LogP contribution in [0.5, 0.6) is 0 Å². The predicted octanol–water partition coefficient (Wildman–Crippen LogP) is 5.42. The van der Waals surface area contributed by atoms with Crippen molar-refractivity contribution in [1.82, 2.24) is 14.8 Å². The van der Waals surface area contributed by atoms with E-state index in [1.54, 1.807) is 15.9 Å². The maximum Gasteiger partial charge on any atom is 0.348 e. The molecule has 2 aromatic rings. The Morgan fingerprint density at radius 1 is 1.29 bits per heavy atom. The highest BCUT2D eigenvalue weighted by Gasteiger charge is 2.26. The van der Waals surface area contributed by atoms with E-state index in [0.717, 1.165) is 37.0 Å². The molecule has 1 amide bonds. The van der Waals surface area contributed by atoms with Gasteiger partial charge in [-0.2, -0.15) is 5.10 Å². The summed E-state index contributed by atoms with van der Waals surface area (Å²) in [5.41, 5.74) is 1.75. The van der Waals surface area contributed by atoms with E-state index in [1.807, 2.05) is 19.9 Å². The van der Waals surface area contributed by atoms with Crippen molar-refractivity contribution in [2.45, 2.75) is 71.8 Å². The molecule has 0 aliphatic heterocycles. The number of carboxylic acids is 1. The molecule has 0 aromatic carbocycles. The minimum absolute atomic E-state index is 0.0205. The second-order valence-electron chi connectivity index (χ2n) is 8.62. The molecule has 1 atom stereocenters. The summed E-state index contributed by atoms with van der Waals surface area (Å²) < 4.78 is 1.81. The van der Waals surface area contributed by atoms with Crippen molar-refractivity contribution >= 4 is 34.5 Å². The van der Waals surface area contributed by atoms with Crippen LogP contribution >= 0.6 is 11.3 Å². The van der Waals surface area contributed by atoms with Gasteiger partial charge in [0.25, 0.3) is 0 Å². The molecule has 1 aliphatic rings. The number of carboxylic acid groups (broad SMARTS) is 1. The highest BCUT2D eigenvalue weighted by molar-refractivity contribution is 7.15. The van der Waals surface area contributed by atoms with Crippen molar-refractivity contribution in [3.8, 4) is 0 Å². The van der Waals surface area contributed by atoms with Crippen molar-refractivity contribution < 1.29 is 14.7 Å². The molecule has 8 heteroatoms. The quantitative estimate of drug-likeness (QED) is 0.529. The van der Waals surface area contributed by atoms with Crippen LogP contribution in [0.2, 0.25) is 0 Å². The Hall–Kier alpha value is -2.48. The van der Waals surface area contributed by atoms with Crippen LogP contribution in [-0.4, -0.2) is 38.3 Å². The molecule has 1 unspecified atom stereocenters. The molecule has 1 aliphatic carbocycles. The molecular weight excluding hydrogens is 412 g/mol. The summed E-state index contributed by atoms with van der Waals surface area (Å²) >= 11 is 1.29. The van der Waals surface area contributed by atoms with Gasteiger partial charge in [-0.3, -0.25) is 9.48 Å². The van der Waals surface area contributed by atoms with E-state index in [9.17, 15) is 14.7 Å². The van der Waals surface area contributed by atoms with E-state index in [2.05, 4.69) is 23.1 Å². The zero-order valence-electron chi connectivity index (χ0n) is 18.6. The molecule has 2 aromatic heterocycles. The number of hydrogen-bond acceptors (Lipinski definition) is 5. The molecule has 0 saturated heterocycles. The van der Waals surface area contributed by atoms with E-state index in [0.29, 0.717) is 18.7 Å². The molecule has 168 valence electrons. The molecule has 3 rings (SSSR count). The van der Waals surface area contributed by atoms with Crippen LogP contribution in [0.1, 0.15) is 86.3 Å². The van der Waals surface area contributed by atoms with Gasteiger partial charge < -0.3 is 10.0 Å². The first-order valence-corrected chi connectivity index (χ1v) is 11.9. The second kappa shape index (κ2) is 10.7. The van der Waals surface area contributed by atoms with Crippen molar-refractivity contribution in [2.75, 3.05) is 11.4 Å². The van der Waals surface area contributed by atoms with Gasteiger partial charge in [-0.25, -0.2) is 9.78 Å². The van der Waals surface area contributed by atoms with Crippen LogP contribution in [0.15, 0.2) is 24.8 Å². The van der Waals surface area contributed by atoms with Gasteiger partial charge >= 0.3 is 5.97 Å². The smallest absolute Gasteiger partial charge is 0.348 e. The Balaban J connectivity index is 1.83. The first-order chi connectivity index (χ1) is 14.9. The molecule has 1 N–H and O–H groups in total. The lowest BCUT2D eigenvalue weighted by molar-refractivity contribution is -0.119. The summed E-state index contributed by atoms with van der Waals surface area (Å²) in [5, 5.41) is 14.0.